The Bertz CT molecular complexity index is 1070. The third-order valence-corrected chi connectivity index (χ3v) is 7.31. The van der Waals surface area contributed by atoms with Crippen molar-refractivity contribution in [2.45, 2.75) is 30.8 Å². The van der Waals surface area contributed by atoms with Gasteiger partial charge in [-0.1, -0.05) is 11.8 Å². The van der Waals surface area contributed by atoms with E-state index in [9.17, 15) is 9.59 Å². The lowest BCUT2D eigenvalue weighted by Gasteiger charge is -2.08. The highest BCUT2D eigenvalue weighted by molar-refractivity contribution is 7.99. The maximum Gasteiger partial charge on any atom is 0.279 e. The smallest absolute Gasteiger partial charge is 0.279 e. The molecule has 0 saturated heterocycles. The predicted octanol–water partition coefficient (Wildman–Crippen LogP) is 2.98. The van der Waals surface area contributed by atoms with Gasteiger partial charge in [0.1, 0.15) is 5.75 Å². The van der Waals surface area contributed by atoms with Crippen molar-refractivity contribution in [1.82, 2.24) is 25.6 Å². The molecule has 3 aromatic rings. The Morgan fingerprint density at radius 2 is 1.94 bits per heavy atom. The Kier molecular flexibility index (Phi) is 6.57. The van der Waals surface area contributed by atoms with Crippen LogP contribution in [0.2, 0.25) is 0 Å². The van der Waals surface area contributed by atoms with E-state index in [1.165, 1.54) is 46.4 Å². The van der Waals surface area contributed by atoms with Gasteiger partial charge in [0.15, 0.2) is 11.0 Å². The third-order valence-electron chi connectivity index (χ3n) is 5.05. The highest BCUT2D eigenvalue weighted by Crippen LogP contribution is 2.29. The normalized spacial score (nSPS) is 12.8. The van der Waals surface area contributed by atoms with Gasteiger partial charge in [0.25, 0.3) is 5.91 Å². The van der Waals surface area contributed by atoms with Gasteiger partial charge in [-0.05, 0) is 61.6 Å². The van der Waals surface area contributed by atoms with E-state index in [1.54, 1.807) is 7.11 Å². The number of hydrogen-bond donors (Lipinski definition) is 2. The van der Waals surface area contributed by atoms with Crippen LogP contribution in [0.15, 0.2) is 35.5 Å². The van der Waals surface area contributed by atoms with Crippen LogP contribution < -0.4 is 15.6 Å². The van der Waals surface area contributed by atoms with E-state index in [2.05, 4.69) is 21.0 Å². The number of thiophene rings is 1. The molecule has 2 N–H and O–H groups in total. The molecule has 0 spiro atoms. The van der Waals surface area contributed by atoms with Crippen molar-refractivity contribution in [2.24, 2.45) is 7.05 Å². The summed E-state index contributed by atoms with van der Waals surface area (Å²) in [6.07, 6.45) is 4.40. The number of carbonyl (C=O) groups excluding carboxylic acids is 2. The van der Waals surface area contributed by atoms with Crippen LogP contribution in [-0.4, -0.2) is 39.4 Å². The van der Waals surface area contributed by atoms with Crippen molar-refractivity contribution in [3.63, 3.8) is 0 Å². The zero-order valence-electron chi connectivity index (χ0n) is 17.3. The fraction of sp³-hybridized carbons (Fsp3) is 0.333. The number of aryl methyl sites for hydroxylation is 2. The molecule has 1 aromatic carbocycles. The van der Waals surface area contributed by atoms with Crippen LogP contribution in [0, 0.1) is 0 Å². The number of hydrazine groups is 1. The first-order valence-electron chi connectivity index (χ1n) is 9.92. The molecular weight excluding hydrogens is 434 g/mol. The van der Waals surface area contributed by atoms with E-state index in [4.69, 9.17) is 4.74 Å². The van der Waals surface area contributed by atoms with Gasteiger partial charge in [0, 0.05) is 17.5 Å². The number of methoxy groups -OCH3 is 1. The van der Waals surface area contributed by atoms with E-state index in [-0.39, 0.29) is 17.6 Å². The Labute approximate surface area is 188 Å². The number of thioether (sulfide) groups is 1. The topological polar surface area (TPSA) is 98.1 Å². The molecule has 0 fully saturated rings. The Hall–Kier alpha value is -2.85. The predicted molar refractivity (Wildman–Crippen MR) is 120 cm³/mol. The van der Waals surface area contributed by atoms with Crippen LogP contribution in [0.4, 0.5) is 0 Å². The van der Waals surface area contributed by atoms with Gasteiger partial charge in [-0.15, -0.1) is 21.5 Å². The molecule has 162 valence electrons. The number of aromatic nitrogens is 3. The highest BCUT2D eigenvalue weighted by Gasteiger charge is 2.18. The molecule has 1 aliphatic carbocycles. The van der Waals surface area contributed by atoms with Gasteiger partial charge in [-0.2, -0.15) is 0 Å². The minimum absolute atomic E-state index is 0.107. The van der Waals surface area contributed by atoms with Gasteiger partial charge in [-0.25, -0.2) is 0 Å². The van der Waals surface area contributed by atoms with Gasteiger partial charge < -0.3 is 9.30 Å². The minimum atomic E-state index is -0.311. The monoisotopic (exact) mass is 457 g/mol. The van der Waals surface area contributed by atoms with Gasteiger partial charge >= 0.3 is 0 Å². The molecule has 2 amide bonds. The van der Waals surface area contributed by atoms with Gasteiger partial charge in [0.05, 0.1) is 17.7 Å². The summed E-state index contributed by atoms with van der Waals surface area (Å²) in [6, 6.07) is 9.47. The SMILES string of the molecule is COc1ccc(-c2nnc(SCC(=O)NNC(=O)c3cc4c(s3)CCCC4)n2C)cc1. The summed E-state index contributed by atoms with van der Waals surface area (Å²) in [5.74, 6) is 0.977. The molecule has 2 aromatic heterocycles. The van der Waals surface area contributed by atoms with E-state index < -0.39 is 0 Å². The van der Waals surface area contributed by atoms with Crippen molar-refractivity contribution in [3.8, 4) is 17.1 Å². The van der Waals surface area contributed by atoms with Crippen LogP contribution in [0.5, 0.6) is 5.75 Å². The van der Waals surface area contributed by atoms with Crippen LogP contribution in [-0.2, 0) is 24.7 Å². The molecule has 0 atom stereocenters. The number of nitrogens with one attached hydrogen (secondary N) is 2. The highest BCUT2D eigenvalue weighted by atomic mass is 32.2. The van der Waals surface area contributed by atoms with Crippen LogP contribution in [0.1, 0.15) is 33.0 Å². The van der Waals surface area contributed by atoms with Crippen LogP contribution in [0.3, 0.4) is 0 Å². The summed E-state index contributed by atoms with van der Waals surface area (Å²) in [5, 5.41) is 8.99. The lowest BCUT2D eigenvalue weighted by molar-refractivity contribution is -0.119. The Morgan fingerprint density at radius 3 is 2.68 bits per heavy atom. The number of benzene rings is 1. The van der Waals surface area contributed by atoms with E-state index in [1.807, 2.05) is 41.9 Å². The van der Waals surface area contributed by atoms with Crippen molar-refractivity contribution in [3.05, 3.63) is 45.6 Å². The molecule has 1 aliphatic rings. The molecule has 4 rings (SSSR count). The first-order valence-corrected chi connectivity index (χ1v) is 11.7. The first kappa shape index (κ1) is 21.4. The van der Waals surface area contributed by atoms with E-state index in [0.717, 1.165) is 24.2 Å². The van der Waals surface area contributed by atoms with Crippen molar-refractivity contribution < 1.29 is 14.3 Å². The number of rotatable bonds is 6. The largest absolute Gasteiger partial charge is 0.497 e. The van der Waals surface area contributed by atoms with Gasteiger partial charge in [-0.3, -0.25) is 20.4 Å². The third kappa shape index (κ3) is 4.91. The number of carbonyl (C=O) groups is 2. The standard InChI is InChI=1S/C21H23N5O3S2/c1-26-19(13-7-9-15(29-2)10-8-13)23-25-21(26)30-12-18(27)22-24-20(28)17-11-14-5-3-4-6-16(14)31-17/h7-11H,3-6,12H2,1-2H3,(H,22,27)(H,24,28). The van der Waals surface area contributed by atoms with Crippen molar-refractivity contribution >= 4 is 34.9 Å². The average Bonchev–Trinajstić information content (AvgIpc) is 3.39. The number of hydrogen-bond acceptors (Lipinski definition) is 7. The molecule has 2 heterocycles. The summed E-state index contributed by atoms with van der Waals surface area (Å²) in [4.78, 5) is 26.5. The molecule has 0 aliphatic heterocycles. The molecule has 8 nitrogen and oxygen atoms in total. The second kappa shape index (κ2) is 9.52. The number of ether oxygens (including phenoxy) is 1. The van der Waals surface area contributed by atoms with Crippen LogP contribution >= 0.6 is 23.1 Å². The molecule has 31 heavy (non-hydrogen) atoms. The zero-order chi connectivity index (χ0) is 21.8. The van der Waals surface area contributed by atoms with Crippen molar-refractivity contribution in [2.75, 3.05) is 12.9 Å². The van der Waals surface area contributed by atoms with E-state index >= 15 is 0 Å². The molecule has 0 unspecified atom stereocenters. The molecule has 0 radical (unpaired) electrons. The molecule has 10 heteroatoms. The van der Waals surface area contributed by atoms with Crippen LogP contribution in [0.25, 0.3) is 11.4 Å². The maximum atomic E-state index is 12.3. The summed E-state index contributed by atoms with van der Waals surface area (Å²) >= 11 is 2.76. The quantitative estimate of drug-likeness (QED) is 0.436. The fourth-order valence-corrected chi connectivity index (χ4v) is 5.25. The summed E-state index contributed by atoms with van der Waals surface area (Å²) in [5.41, 5.74) is 7.15. The molecule has 0 saturated carbocycles. The Balaban J connectivity index is 1.29. The summed E-state index contributed by atoms with van der Waals surface area (Å²) in [7, 11) is 3.47. The lowest BCUT2D eigenvalue weighted by atomic mass is 9.99. The second-order valence-corrected chi connectivity index (χ2v) is 9.23. The first-order chi connectivity index (χ1) is 15.0. The fourth-order valence-electron chi connectivity index (χ4n) is 3.39. The van der Waals surface area contributed by atoms with Gasteiger partial charge in [0.2, 0.25) is 5.91 Å². The average molecular weight is 458 g/mol. The van der Waals surface area contributed by atoms with Crippen molar-refractivity contribution in [1.29, 1.82) is 0 Å². The number of fused-ring (bicyclic) bond motifs is 1. The Morgan fingerprint density at radius 1 is 1.16 bits per heavy atom. The van der Waals surface area contributed by atoms with E-state index in [0.29, 0.717) is 15.9 Å². The minimum Gasteiger partial charge on any atom is -0.497 e. The maximum absolute atomic E-state index is 12.3. The zero-order valence-corrected chi connectivity index (χ0v) is 18.9. The summed E-state index contributed by atoms with van der Waals surface area (Å²) in [6.45, 7) is 0. The molecular formula is C21H23N5O3S2. The summed E-state index contributed by atoms with van der Waals surface area (Å²) < 4.78 is 7.00. The second-order valence-electron chi connectivity index (χ2n) is 7.15. The number of nitrogens with zero attached hydrogens (tertiary/aromatic N) is 3. The lowest BCUT2D eigenvalue weighted by Crippen LogP contribution is -2.42. The number of amides is 2. The molecule has 0 bridgehead atoms.